The van der Waals surface area contributed by atoms with E-state index in [0.29, 0.717) is 24.3 Å². The van der Waals surface area contributed by atoms with E-state index in [1.54, 1.807) is 49.3 Å². The SMILES string of the molecule is CC(C)CC(C(=O)NO)C(=O)Nc1ccc(Cn2nncc2CNC(=O)OC(C)(C)C)cc1. The molecule has 0 aliphatic carbocycles. The van der Waals surface area contributed by atoms with Gasteiger partial charge in [-0.1, -0.05) is 31.2 Å². The van der Waals surface area contributed by atoms with Crippen molar-refractivity contribution in [1.82, 2.24) is 25.8 Å². The first-order valence-corrected chi connectivity index (χ1v) is 10.7. The van der Waals surface area contributed by atoms with Crippen LogP contribution in [0.25, 0.3) is 0 Å². The summed E-state index contributed by atoms with van der Waals surface area (Å²) >= 11 is 0. The van der Waals surface area contributed by atoms with Crippen molar-refractivity contribution in [3.63, 3.8) is 0 Å². The average molecular weight is 461 g/mol. The van der Waals surface area contributed by atoms with E-state index in [-0.39, 0.29) is 12.5 Å². The summed E-state index contributed by atoms with van der Waals surface area (Å²) in [5.74, 6) is -2.13. The van der Waals surface area contributed by atoms with Crippen LogP contribution in [-0.4, -0.2) is 43.7 Å². The Kier molecular flexibility index (Phi) is 8.92. The molecule has 0 saturated heterocycles. The smallest absolute Gasteiger partial charge is 0.407 e. The van der Waals surface area contributed by atoms with E-state index in [2.05, 4.69) is 20.9 Å². The Balaban J connectivity index is 1.97. The molecule has 180 valence electrons. The van der Waals surface area contributed by atoms with E-state index in [1.165, 1.54) is 0 Å². The molecule has 0 spiro atoms. The molecule has 1 unspecified atom stereocenters. The van der Waals surface area contributed by atoms with Gasteiger partial charge >= 0.3 is 6.09 Å². The number of carbonyl (C=O) groups excluding carboxylic acids is 3. The topological polar surface area (TPSA) is 147 Å². The minimum Gasteiger partial charge on any atom is -0.444 e. The van der Waals surface area contributed by atoms with Crippen LogP contribution in [0.5, 0.6) is 0 Å². The third-order valence-electron chi connectivity index (χ3n) is 4.51. The molecule has 33 heavy (non-hydrogen) atoms. The van der Waals surface area contributed by atoms with Gasteiger partial charge < -0.3 is 15.4 Å². The lowest BCUT2D eigenvalue weighted by Gasteiger charge is -2.19. The Morgan fingerprint density at radius 3 is 2.36 bits per heavy atom. The van der Waals surface area contributed by atoms with Gasteiger partial charge in [-0.15, -0.1) is 5.10 Å². The zero-order chi connectivity index (χ0) is 24.6. The van der Waals surface area contributed by atoms with Gasteiger partial charge in [0, 0.05) is 5.69 Å². The number of ether oxygens (including phenoxy) is 1. The van der Waals surface area contributed by atoms with Crippen LogP contribution in [0.3, 0.4) is 0 Å². The molecule has 11 nitrogen and oxygen atoms in total. The molecule has 1 aromatic heterocycles. The maximum Gasteiger partial charge on any atom is 0.407 e. The van der Waals surface area contributed by atoms with E-state index in [9.17, 15) is 14.4 Å². The largest absolute Gasteiger partial charge is 0.444 e. The molecule has 0 bridgehead atoms. The lowest BCUT2D eigenvalue weighted by Crippen LogP contribution is -2.37. The van der Waals surface area contributed by atoms with Crippen LogP contribution in [0.4, 0.5) is 10.5 Å². The maximum absolute atomic E-state index is 12.5. The van der Waals surface area contributed by atoms with Gasteiger partial charge in [0.05, 0.1) is 25.0 Å². The normalized spacial score (nSPS) is 12.2. The molecule has 1 aromatic carbocycles. The number of nitrogens with one attached hydrogen (secondary N) is 3. The van der Waals surface area contributed by atoms with Crippen LogP contribution in [0, 0.1) is 11.8 Å². The molecule has 1 heterocycles. The zero-order valence-corrected chi connectivity index (χ0v) is 19.6. The summed E-state index contributed by atoms with van der Waals surface area (Å²) in [4.78, 5) is 36.2. The monoisotopic (exact) mass is 460 g/mol. The Labute approximate surface area is 192 Å². The van der Waals surface area contributed by atoms with Crippen LogP contribution < -0.4 is 16.1 Å². The minimum atomic E-state index is -0.996. The van der Waals surface area contributed by atoms with E-state index in [1.807, 2.05) is 26.0 Å². The van der Waals surface area contributed by atoms with Gasteiger partial charge in [-0.05, 0) is 50.8 Å². The van der Waals surface area contributed by atoms with E-state index < -0.39 is 29.4 Å². The molecule has 2 aromatic rings. The zero-order valence-electron chi connectivity index (χ0n) is 19.6. The van der Waals surface area contributed by atoms with Crippen molar-refractivity contribution < 1.29 is 24.3 Å². The molecule has 3 amide bonds. The van der Waals surface area contributed by atoms with Gasteiger partial charge in [0.1, 0.15) is 11.5 Å². The number of benzene rings is 1. The molecule has 4 N–H and O–H groups in total. The first-order chi connectivity index (χ1) is 15.5. The molecular weight excluding hydrogens is 428 g/mol. The van der Waals surface area contributed by atoms with Gasteiger partial charge in [0.2, 0.25) is 5.91 Å². The Hall–Kier alpha value is -3.47. The number of nitrogens with zero attached hydrogens (tertiary/aromatic N) is 3. The number of aromatic nitrogens is 3. The Morgan fingerprint density at radius 2 is 1.79 bits per heavy atom. The van der Waals surface area contributed by atoms with Crippen molar-refractivity contribution >= 4 is 23.6 Å². The summed E-state index contributed by atoms with van der Waals surface area (Å²) < 4.78 is 6.87. The number of hydrogen-bond donors (Lipinski definition) is 4. The molecule has 0 fully saturated rings. The highest BCUT2D eigenvalue weighted by molar-refractivity contribution is 6.06. The third kappa shape index (κ3) is 8.53. The summed E-state index contributed by atoms with van der Waals surface area (Å²) in [6.07, 6.45) is 1.34. The highest BCUT2D eigenvalue weighted by Crippen LogP contribution is 2.17. The quantitative estimate of drug-likeness (QED) is 0.255. The molecular formula is C22H32N6O5. The predicted octanol–water partition coefficient (Wildman–Crippen LogP) is 2.46. The Morgan fingerprint density at radius 1 is 1.12 bits per heavy atom. The van der Waals surface area contributed by atoms with Crippen molar-refractivity contribution in [2.24, 2.45) is 11.8 Å². The van der Waals surface area contributed by atoms with Crippen LogP contribution in [0.15, 0.2) is 30.5 Å². The van der Waals surface area contributed by atoms with Crippen molar-refractivity contribution in [2.75, 3.05) is 5.32 Å². The van der Waals surface area contributed by atoms with E-state index in [4.69, 9.17) is 9.94 Å². The number of rotatable bonds is 9. The van der Waals surface area contributed by atoms with Gasteiger partial charge in [0.15, 0.2) is 0 Å². The summed E-state index contributed by atoms with van der Waals surface area (Å²) in [6, 6.07) is 7.05. The molecule has 0 aliphatic heterocycles. The molecule has 0 aliphatic rings. The average Bonchev–Trinajstić information content (AvgIpc) is 3.16. The first-order valence-electron chi connectivity index (χ1n) is 10.7. The third-order valence-corrected chi connectivity index (χ3v) is 4.51. The molecule has 0 saturated carbocycles. The van der Waals surface area contributed by atoms with E-state index in [0.717, 1.165) is 5.56 Å². The van der Waals surface area contributed by atoms with Crippen molar-refractivity contribution in [1.29, 1.82) is 0 Å². The fourth-order valence-corrected chi connectivity index (χ4v) is 3.00. The summed E-state index contributed by atoms with van der Waals surface area (Å²) in [5, 5.41) is 22.2. The van der Waals surface area contributed by atoms with E-state index >= 15 is 0 Å². The number of amides is 3. The van der Waals surface area contributed by atoms with Crippen LogP contribution in [0.2, 0.25) is 0 Å². The summed E-state index contributed by atoms with van der Waals surface area (Å²) in [5.41, 5.74) is 3.08. The summed E-state index contributed by atoms with van der Waals surface area (Å²) in [6.45, 7) is 9.76. The van der Waals surface area contributed by atoms with Gasteiger partial charge in [-0.2, -0.15) is 0 Å². The highest BCUT2D eigenvalue weighted by Gasteiger charge is 2.27. The standard InChI is InChI=1S/C22H32N6O5/c1-14(2)10-18(20(30)26-32)19(29)25-16-8-6-15(7-9-16)13-28-17(12-24-27-28)11-23-21(31)33-22(3,4)5/h6-9,12,14,18,32H,10-11,13H2,1-5H3,(H,23,31)(H,25,29)(H,26,30). The second kappa shape index (κ2) is 11.4. The number of hydroxylamine groups is 1. The molecule has 11 heteroatoms. The maximum atomic E-state index is 12.5. The van der Waals surface area contributed by atoms with Crippen LogP contribution in [0.1, 0.15) is 52.3 Å². The number of alkyl carbamates (subject to hydrolysis) is 1. The first kappa shape index (κ1) is 25.8. The molecule has 1 atom stereocenters. The highest BCUT2D eigenvalue weighted by atomic mass is 16.6. The minimum absolute atomic E-state index is 0.0992. The number of anilines is 1. The summed E-state index contributed by atoms with van der Waals surface area (Å²) in [7, 11) is 0. The fourth-order valence-electron chi connectivity index (χ4n) is 3.00. The van der Waals surface area contributed by atoms with Crippen molar-refractivity contribution in [2.45, 2.75) is 59.7 Å². The lowest BCUT2D eigenvalue weighted by molar-refractivity contribution is -0.139. The lowest BCUT2D eigenvalue weighted by atomic mass is 9.95. The second-order valence-corrected chi connectivity index (χ2v) is 9.08. The second-order valence-electron chi connectivity index (χ2n) is 9.08. The number of hydrogen-bond acceptors (Lipinski definition) is 7. The molecule has 2 rings (SSSR count). The molecule has 0 radical (unpaired) electrons. The number of carbonyl (C=O) groups is 3. The van der Waals surface area contributed by atoms with Gasteiger partial charge in [-0.3, -0.25) is 14.8 Å². The predicted molar refractivity (Wildman–Crippen MR) is 120 cm³/mol. The van der Waals surface area contributed by atoms with Crippen LogP contribution in [-0.2, 0) is 27.4 Å². The fraction of sp³-hybridized carbons (Fsp3) is 0.500. The van der Waals surface area contributed by atoms with Gasteiger partial charge in [0.25, 0.3) is 5.91 Å². The van der Waals surface area contributed by atoms with Crippen molar-refractivity contribution in [3.8, 4) is 0 Å². The Bertz CT molecular complexity index is 949. The van der Waals surface area contributed by atoms with Crippen molar-refractivity contribution in [3.05, 3.63) is 41.7 Å². The van der Waals surface area contributed by atoms with Crippen LogP contribution >= 0.6 is 0 Å². The van der Waals surface area contributed by atoms with Gasteiger partial charge in [-0.25, -0.2) is 15.0 Å².